The van der Waals surface area contributed by atoms with Gasteiger partial charge in [-0.3, -0.25) is 9.69 Å². The van der Waals surface area contributed by atoms with Crippen LogP contribution < -0.4 is 0 Å². The van der Waals surface area contributed by atoms with Gasteiger partial charge in [0, 0.05) is 44.6 Å². The van der Waals surface area contributed by atoms with Crippen LogP contribution in [0, 0.1) is 11.8 Å². The van der Waals surface area contributed by atoms with Gasteiger partial charge in [0.2, 0.25) is 0 Å². The van der Waals surface area contributed by atoms with Gasteiger partial charge in [0.1, 0.15) is 5.78 Å². The highest BCUT2D eigenvalue weighted by Crippen LogP contribution is 2.27. The number of hydrogen-bond acceptors (Lipinski definition) is 3. The highest BCUT2D eigenvalue weighted by Gasteiger charge is 2.30. The van der Waals surface area contributed by atoms with Crippen LogP contribution in [-0.4, -0.2) is 54.9 Å². The van der Waals surface area contributed by atoms with E-state index in [0.717, 1.165) is 51.4 Å². The zero-order chi connectivity index (χ0) is 12.4. The molecular weight excluding hydrogens is 212 g/mol. The lowest BCUT2D eigenvalue weighted by atomic mass is 9.81. The Balaban J connectivity index is 1.85. The normalized spacial score (nSPS) is 37.4. The first-order chi connectivity index (χ1) is 8.06. The topological polar surface area (TPSA) is 23.6 Å². The fourth-order valence-corrected chi connectivity index (χ4v) is 3.11. The number of rotatable bonds is 2. The van der Waals surface area contributed by atoms with Gasteiger partial charge in [-0.15, -0.1) is 0 Å². The van der Waals surface area contributed by atoms with Gasteiger partial charge in [0.25, 0.3) is 0 Å². The first kappa shape index (κ1) is 13.0. The summed E-state index contributed by atoms with van der Waals surface area (Å²) in [4.78, 5) is 16.8. The van der Waals surface area contributed by atoms with E-state index in [1.54, 1.807) is 0 Å². The smallest absolute Gasteiger partial charge is 0.137 e. The first-order valence-corrected chi connectivity index (χ1v) is 7.01. The summed E-state index contributed by atoms with van der Waals surface area (Å²) in [6.07, 6.45) is 3.03. The van der Waals surface area contributed by atoms with Gasteiger partial charge in [-0.25, -0.2) is 0 Å². The molecule has 3 nitrogen and oxygen atoms in total. The minimum absolute atomic E-state index is 0.314. The Morgan fingerprint density at radius 2 is 2.06 bits per heavy atom. The van der Waals surface area contributed by atoms with E-state index in [9.17, 15) is 4.79 Å². The molecule has 2 fully saturated rings. The van der Waals surface area contributed by atoms with Crippen molar-refractivity contribution < 1.29 is 4.79 Å². The van der Waals surface area contributed by atoms with Crippen molar-refractivity contribution in [3.8, 4) is 0 Å². The molecule has 2 aliphatic rings. The molecule has 0 bridgehead atoms. The Labute approximate surface area is 105 Å². The molecule has 0 spiro atoms. The second-order valence-corrected chi connectivity index (χ2v) is 6.13. The number of carbonyl (C=O) groups excluding carboxylic acids is 1. The zero-order valence-corrected chi connectivity index (χ0v) is 11.5. The molecule has 2 rings (SSSR count). The van der Waals surface area contributed by atoms with Crippen LogP contribution in [0.3, 0.4) is 0 Å². The summed E-state index contributed by atoms with van der Waals surface area (Å²) in [5.74, 6) is 1.56. The molecule has 0 aromatic carbocycles. The molecule has 3 atom stereocenters. The summed E-state index contributed by atoms with van der Waals surface area (Å²) >= 11 is 0. The van der Waals surface area contributed by atoms with Crippen LogP contribution in [-0.2, 0) is 4.79 Å². The molecule has 98 valence electrons. The van der Waals surface area contributed by atoms with Crippen LogP contribution in [0.2, 0.25) is 0 Å². The Bertz CT molecular complexity index is 279. The van der Waals surface area contributed by atoms with Crippen molar-refractivity contribution in [2.75, 3.05) is 33.2 Å². The molecule has 0 N–H and O–H groups in total. The number of piperazine rings is 1. The van der Waals surface area contributed by atoms with E-state index < -0.39 is 0 Å². The first-order valence-electron chi connectivity index (χ1n) is 7.01. The molecule has 0 aromatic rings. The molecule has 1 saturated carbocycles. The molecule has 0 amide bonds. The Morgan fingerprint density at radius 3 is 2.76 bits per heavy atom. The predicted molar refractivity (Wildman–Crippen MR) is 70.0 cm³/mol. The van der Waals surface area contributed by atoms with Gasteiger partial charge >= 0.3 is 0 Å². The van der Waals surface area contributed by atoms with Gasteiger partial charge < -0.3 is 4.90 Å². The highest BCUT2D eigenvalue weighted by atomic mass is 16.1. The lowest BCUT2D eigenvalue weighted by Gasteiger charge is -2.40. The molecule has 0 radical (unpaired) electrons. The van der Waals surface area contributed by atoms with Gasteiger partial charge in [0.05, 0.1) is 0 Å². The van der Waals surface area contributed by atoms with E-state index in [-0.39, 0.29) is 0 Å². The van der Waals surface area contributed by atoms with Crippen LogP contribution in [0.15, 0.2) is 0 Å². The van der Waals surface area contributed by atoms with Gasteiger partial charge in [0.15, 0.2) is 0 Å². The highest BCUT2D eigenvalue weighted by molar-refractivity contribution is 5.81. The van der Waals surface area contributed by atoms with Gasteiger partial charge in [-0.2, -0.15) is 0 Å². The van der Waals surface area contributed by atoms with Crippen molar-refractivity contribution in [3.63, 3.8) is 0 Å². The molecule has 1 heterocycles. The summed E-state index contributed by atoms with van der Waals surface area (Å²) in [5.41, 5.74) is 0. The van der Waals surface area contributed by atoms with Crippen molar-refractivity contribution in [2.24, 2.45) is 11.8 Å². The number of ketones is 1. The third kappa shape index (κ3) is 3.29. The standard InChI is InChI=1S/C14H26N2O/c1-11-4-5-14(17)13(8-11)10-16-7-6-15(3)12(2)9-16/h11-13H,4-10H2,1-3H3. The average molecular weight is 238 g/mol. The maximum atomic E-state index is 11.9. The van der Waals surface area contributed by atoms with E-state index in [1.165, 1.54) is 0 Å². The molecule has 17 heavy (non-hydrogen) atoms. The van der Waals surface area contributed by atoms with E-state index in [1.807, 2.05) is 0 Å². The SMILES string of the molecule is CC1CCC(=O)C(CN2CCN(C)C(C)C2)C1. The second kappa shape index (κ2) is 5.49. The van der Waals surface area contributed by atoms with Crippen molar-refractivity contribution in [2.45, 2.75) is 39.2 Å². The van der Waals surface area contributed by atoms with Crippen molar-refractivity contribution in [1.29, 1.82) is 0 Å². The predicted octanol–water partition coefficient (Wildman–Crippen LogP) is 1.63. The van der Waals surface area contributed by atoms with Crippen LogP contribution in [0.25, 0.3) is 0 Å². The van der Waals surface area contributed by atoms with Crippen LogP contribution in [0.5, 0.6) is 0 Å². The maximum Gasteiger partial charge on any atom is 0.137 e. The molecule has 0 aromatic heterocycles. The van der Waals surface area contributed by atoms with E-state index in [0.29, 0.717) is 17.7 Å². The minimum atomic E-state index is 0.314. The lowest BCUT2D eigenvalue weighted by molar-refractivity contribution is -0.126. The van der Waals surface area contributed by atoms with Crippen molar-refractivity contribution in [1.82, 2.24) is 9.80 Å². The minimum Gasteiger partial charge on any atom is -0.301 e. The summed E-state index contributed by atoms with van der Waals surface area (Å²) < 4.78 is 0. The zero-order valence-electron chi connectivity index (χ0n) is 11.5. The van der Waals surface area contributed by atoms with Crippen LogP contribution >= 0.6 is 0 Å². The molecule has 1 aliphatic carbocycles. The Kier molecular flexibility index (Phi) is 4.21. The summed E-state index contributed by atoms with van der Waals surface area (Å²) in [5, 5.41) is 0. The van der Waals surface area contributed by atoms with E-state index in [2.05, 4.69) is 30.7 Å². The monoisotopic (exact) mass is 238 g/mol. The largest absolute Gasteiger partial charge is 0.301 e. The summed E-state index contributed by atoms with van der Waals surface area (Å²) in [6.45, 7) is 8.94. The number of Topliss-reactive ketones (excluding diaryl/α,β-unsaturated/α-hetero) is 1. The maximum absolute atomic E-state index is 11.9. The number of hydrogen-bond donors (Lipinski definition) is 0. The summed E-state index contributed by atoms with van der Waals surface area (Å²) in [7, 11) is 2.19. The number of likely N-dealkylation sites (N-methyl/N-ethyl adjacent to an activating group) is 1. The summed E-state index contributed by atoms with van der Waals surface area (Å²) in [6, 6.07) is 0.625. The van der Waals surface area contributed by atoms with E-state index >= 15 is 0 Å². The fraction of sp³-hybridized carbons (Fsp3) is 0.929. The number of carbonyl (C=O) groups is 1. The third-order valence-corrected chi connectivity index (χ3v) is 4.55. The Hall–Kier alpha value is -0.410. The molecule has 3 unspecified atom stereocenters. The van der Waals surface area contributed by atoms with Crippen LogP contribution in [0.1, 0.15) is 33.1 Å². The van der Waals surface area contributed by atoms with Gasteiger partial charge in [-0.05, 0) is 32.7 Å². The molecule has 1 saturated heterocycles. The lowest BCUT2D eigenvalue weighted by Crippen LogP contribution is -2.52. The molecule has 1 aliphatic heterocycles. The fourth-order valence-electron chi connectivity index (χ4n) is 3.11. The third-order valence-electron chi connectivity index (χ3n) is 4.55. The molecular formula is C14H26N2O. The average Bonchev–Trinajstić information content (AvgIpc) is 2.29. The Morgan fingerprint density at radius 1 is 1.29 bits per heavy atom. The molecule has 3 heteroatoms. The van der Waals surface area contributed by atoms with Crippen molar-refractivity contribution in [3.05, 3.63) is 0 Å². The van der Waals surface area contributed by atoms with Crippen LogP contribution in [0.4, 0.5) is 0 Å². The van der Waals surface area contributed by atoms with Crippen molar-refractivity contribution >= 4 is 5.78 Å². The second-order valence-electron chi connectivity index (χ2n) is 6.13. The quantitative estimate of drug-likeness (QED) is 0.730. The van der Waals surface area contributed by atoms with Gasteiger partial charge in [-0.1, -0.05) is 6.92 Å². The number of nitrogens with zero attached hydrogens (tertiary/aromatic N) is 2. The van der Waals surface area contributed by atoms with E-state index in [4.69, 9.17) is 0 Å².